The predicted octanol–water partition coefficient (Wildman–Crippen LogP) is 5.84. The summed E-state index contributed by atoms with van der Waals surface area (Å²) < 4.78 is 13.6. The Morgan fingerprint density at radius 3 is 1.33 bits per heavy atom. The van der Waals surface area contributed by atoms with Gasteiger partial charge < -0.3 is 24.4 Å². The van der Waals surface area contributed by atoms with Crippen molar-refractivity contribution in [3.8, 4) is 0 Å². The van der Waals surface area contributed by atoms with E-state index in [1.165, 1.54) is 21.5 Å². The molecule has 186 valence electrons. The molecule has 3 aromatic rings. The molecule has 0 aliphatic heterocycles. The number of aliphatic hydroxyl groups excluding tert-OH is 2. The first kappa shape index (κ1) is 31.0. The van der Waals surface area contributed by atoms with E-state index in [2.05, 4.69) is 70.1 Å². The van der Waals surface area contributed by atoms with Gasteiger partial charge in [-0.25, -0.2) is 0 Å². The van der Waals surface area contributed by atoms with E-state index in [4.69, 9.17) is 4.74 Å². The van der Waals surface area contributed by atoms with E-state index in [0.29, 0.717) is 13.0 Å². The van der Waals surface area contributed by atoms with E-state index in [0.717, 1.165) is 25.9 Å². The Bertz CT molecular complexity index is 730. The first-order valence-corrected chi connectivity index (χ1v) is 11.6. The van der Waals surface area contributed by atoms with Crippen LogP contribution in [0.15, 0.2) is 60.7 Å². The van der Waals surface area contributed by atoms with Gasteiger partial charge >= 0.3 is 0 Å². The highest BCUT2D eigenvalue weighted by molar-refractivity contribution is 5.98. The Labute approximate surface area is 200 Å². The molecule has 0 saturated carbocycles. The molecule has 0 aromatic heterocycles. The van der Waals surface area contributed by atoms with Gasteiger partial charge in [0.2, 0.25) is 0 Å². The van der Waals surface area contributed by atoms with Crippen LogP contribution in [0, 0.1) is 0 Å². The maximum absolute atomic E-state index is 9.23. The Hall–Kier alpha value is -2.02. The molecule has 0 radical (unpaired) electrons. The van der Waals surface area contributed by atoms with Crippen LogP contribution >= 0.6 is 0 Å². The summed E-state index contributed by atoms with van der Waals surface area (Å²) in [6.07, 6.45) is 2.56. The minimum absolute atomic E-state index is 0.209. The summed E-state index contributed by atoms with van der Waals surface area (Å²) in [6, 6.07) is 21.4. The van der Waals surface area contributed by atoms with Gasteiger partial charge in [-0.1, -0.05) is 55.5 Å². The summed E-state index contributed by atoms with van der Waals surface area (Å²) in [5, 5.41) is 23.7. The van der Waals surface area contributed by atoms with E-state index in [1.807, 2.05) is 13.8 Å². The molecule has 0 aliphatic rings. The fraction of sp³-hybridized carbons (Fsp3) is 0.500. The van der Waals surface area contributed by atoms with Crippen molar-refractivity contribution in [3.05, 3.63) is 60.7 Å². The number of benzene rings is 3. The van der Waals surface area contributed by atoms with Crippen LogP contribution in [-0.4, -0.2) is 64.1 Å². The van der Waals surface area contributed by atoms with Gasteiger partial charge in [0.1, 0.15) is 0 Å². The normalized spacial score (nSPS) is 11.9. The first-order chi connectivity index (χ1) is 16.0. The molecule has 33 heavy (non-hydrogen) atoms. The molecule has 0 bridgehead atoms. The summed E-state index contributed by atoms with van der Waals surface area (Å²) in [5.41, 5.74) is 0. The number of methoxy groups -OCH3 is 3. The molecule has 3 rings (SSSR count). The third-order valence-corrected chi connectivity index (χ3v) is 4.81. The molecule has 2 unspecified atom stereocenters. The van der Waals surface area contributed by atoms with E-state index in [9.17, 15) is 10.2 Å². The number of ether oxygens (including phenoxy) is 3. The minimum atomic E-state index is -0.376. The van der Waals surface area contributed by atoms with Gasteiger partial charge in [0.05, 0.1) is 18.8 Å². The minimum Gasteiger partial charge on any atom is -0.393 e. The first-order valence-electron chi connectivity index (χ1n) is 11.6. The number of hydrogen-bond acceptors (Lipinski definition) is 5. The molecule has 3 aromatic carbocycles. The highest BCUT2D eigenvalue weighted by Gasteiger charge is 2.05. The van der Waals surface area contributed by atoms with Crippen molar-refractivity contribution >= 4 is 21.5 Å². The van der Waals surface area contributed by atoms with Gasteiger partial charge in [-0.2, -0.15) is 0 Å². The van der Waals surface area contributed by atoms with Crippen molar-refractivity contribution in [2.75, 3.05) is 41.7 Å². The molecule has 0 amide bonds. The molecular formula is C28H44O5. The average Bonchev–Trinajstić information content (AvgIpc) is 2.83. The van der Waals surface area contributed by atoms with Crippen LogP contribution in [0.25, 0.3) is 21.5 Å². The van der Waals surface area contributed by atoms with Crippen molar-refractivity contribution < 1.29 is 24.4 Å². The van der Waals surface area contributed by atoms with Gasteiger partial charge in [-0.3, -0.25) is 0 Å². The van der Waals surface area contributed by atoms with Crippen molar-refractivity contribution in [2.45, 2.75) is 51.7 Å². The highest BCUT2D eigenvalue weighted by Crippen LogP contribution is 2.22. The topological polar surface area (TPSA) is 68.2 Å². The summed E-state index contributed by atoms with van der Waals surface area (Å²) >= 11 is 0. The molecule has 0 spiro atoms. The van der Waals surface area contributed by atoms with Crippen LogP contribution in [0.4, 0.5) is 0 Å². The van der Waals surface area contributed by atoms with Crippen LogP contribution in [0.1, 0.15) is 39.5 Å². The predicted molar refractivity (Wildman–Crippen MR) is 140 cm³/mol. The van der Waals surface area contributed by atoms with Crippen molar-refractivity contribution in [3.63, 3.8) is 0 Å². The summed E-state index contributed by atoms with van der Waals surface area (Å²) in [7, 11) is 6.50. The lowest BCUT2D eigenvalue weighted by atomic mass is 10.0. The second-order valence-corrected chi connectivity index (χ2v) is 7.63. The zero-order valence-electron chi connectivity index (χ0n) is 21.3. The standard InChI is InChI=1S/C14H10.C9H20O3.C3H8O.C2H6O/c1-2-6-12-10-14-8-4-3-7-13(14)9-11(12)5-1;1-3-8(10)5-4-6-9(11)7-12-2;1-3-4-2;1-3-2/h1-10H;8-11H,3-7H2,1-2H3;3H2,1-2H3;1-2H3. The Kier molecular flexibility index (Phi) is 19.3. The van der Waals surface area contributed by atoms with E-state index < -0.39 is 0 Å². The lowest BCUT2D eigenvalue weighted by Crippen LogP contribution is -2.14. The second kappa shape index (κ2) is 20.6. The smallest absolute Gasteiger partial charge is 0.0773 e. The molecular weight excluding hydrogens is 416 g/mol. The maximum Gasteiger partial charge on any atom is 0.0773 e. The van der Waals surface area contributed by atoms with E-state index in [-0.39, 0.29) is 12.2 Å². The lowest BCUT2D eigenvalue weighted by molar-refractivity contribution is 0.0541. The summed E-state index contributed by atoms with van der Waals surface area (Å²) in [6.45, 7) is 5.12. The van der Waals surface area contributed by atoms with Crippen molar-refractivity contribution in [1.29, 1.82) is 0 Å². The SMILES string of the molecule is CCC(O)CCCC(O)COC.CCOC.COC.c1ccc2cc3ccccc3cc2c1. The zero-order valence-corrected chi connectivity index (χ0v) is 21.3. The van der Waals surface area contributed by atoms with Crippen LogP contribution in [0.3, 0.4) is 0 Å². The number of rotatable bonds is 8. The third-order valence-electron chi connectivity index (χ3n) is 4.81. The maximum atomic E-state index is 9.23. The molecule has 2 atom stereocenters. The quantitative estimate of drug-likeness (QED) is 0.413. The monoisotopic (exact) mass is 460 g/mol. The highest BCUT2D eigenvalue weighted by atomic mass is 16.5. The molecule has 0 aliphatic carbocycles. The molecule has 0 saturated heterocycles. The Balaban J connectivity index is 0.000000492. The fourth-order valence-corrected chi connectivity index (χ4v) is 2.95. The molecule has 0 heterocycles. The van der Waals surface area contributed by atoms with E-state index >= 15 is 0 Å². The van der Waals surface area contributed by atoms with Crippen molar-refractivity contribution in [1.82, 2.24) is 0 Å². The zero-order chi connectivity index (χ0) is 24.9. The van der Waals surface area contributed by atoms with Gasteiger partial charge in [0, 0.05) is 35.0 Å². The molecule has 5 nitrogen and oxygen atoms in total. The van der Waals surface area contributed by atoms with Crippen LogP contribution < -0.4 is 0 Å². The molecule has 2 N–H and O–H groups in total. The fourth-order valence-electron chi connectivity index (χ4n) is 2.95. The van der Waals surface area contributed by atoms with Gasteiger partial charge in [-0.15, -0.1) is 0 Å². The van der Waals surface area contributed by atoms with E-state index in [1.54, 1.807) is 28.4 Å². The van der Waals surface area contributed by atoms with Gasteiger partial charge in [0.25, 0.3) is 0 Å². The number of hydrogen-bond donors (Lipinski definition) is 2. The number of fused-ring (bicyclic) bond motifs is 2. The molecule has 5 heteroatoms. The largest absolute Gasteiger partial charge is 0.393 e. The van der Waals surface area contributed by atoms with Gasteiger partial charge in [-0.05, 0) is 66.3 Å². The van der Waals surface area contributed by atoms with Crippen LogP contribution in [0.5, 0.6) is 0 Å². The lowest BCUT2D eigenvalue weighted by Gasteiger charge is -2.10. The Morgan fingerprint density at radius 2 is 1.03 bits per heavy atom. The van der Waals surface area contributed by atoms with Crippen LogP contribution in [0.2, 0.25) is 0 Å². The molecule has 0 fully saturated rings. The third kappa shape index (κ3) is 14.7. The summed E-state index contributed by atoms with van der Waals surface area (Å²) in [5.74, 6) is 0. The van der Waals surface area contributed by atoms with Gasteiger partial charge in [0.15, 0.2) is 0 Å². The van der Waals surface area contributed by atoms with Crippen LogP contribution in [-0.2, 0) is 14.2 Å². The Morgan fingerprint density at radius 1 is 0.667 bits per heavy atom. The number of aliphatic hydroxyl groups is 2. The average molecular weight is 461 g/mol. The van der Waals surface area contributed by atoms with Crippen molar-refractivity contribution in [2.24, 2.45) is 0 Å². The summed E-state index contributed by atoms with van der Waals surface area (Å²) in [4.78, 5) is 0. The second-order valence-electron chi connectivity index (χ2n) is 7.63.